The number of hydrogen-bond donors (Lipinski definition) is 2. The lowest BCUT2D eigenvalue weighted by molar-refractivity contribution is -0.141. The number of nitrogens with zero attached hydrogens (tertiary/aromatic N) is 3. The maximum absolute atomic E-state index is 12.8. The first-order chi connectivity index (χ1) is 11.9. The molecule has 0 saturated carbocycles. The summed E-state index contributed by atoms with van der Waals surface area (Å²) in [6.45, 7) is 4.68. The largest absolute Gasteiger partial charge is 0.490 e. The van der Waals surface area contributed by atoms with E-state index in [4.69, 9.17) is 4.74 Å². The van der Waals surface area contributed by atoms with Crippen molar-refractivity contribution in [3.63, 3.8) is 0 Å². The molecular formula is C17H22N4O4. The Bertz CT molecular complexity index is 816. The molecule has 0 radical (unpaired) electrons. The average molecular weight is 346 g/mol. The zero-order valence-corrected chi connectivity index (χ0v) is 14.5. The number of likely N-dealkylation sites (tertiary alicyclic amines) is 1. The fourth-order valence-electron chi connectivity index (χ4n) is 3.34. The van der Waals surface area contributed by atoms with E-state index in [-0.39, 0.29) is 11.9 Å². The summed E-state index contributed by atoms with van der Waals surface area (Å²) in [5.74, 6) is -0.506. The highest BCUT2D eigenvalue weighted by Crippen LogP contribution is 2.23. The second-order valence-corrected chi connectivity index (χ2v) is 6.24. The highest BCUT2D eigenvalue weighted by Gasteiger charge is 2.35. The van der Waals surface area contributed by atoms with Gasteiger partial charge in [0.1, 0.15) is 11.7 Å². The van der Waals surface area contributed by atoms with Gasteiger partial charge in [0.05, 0.1) is 12.3 Å². The number of nitrogens with one attached hydrogen (secondary N) is 1. The van der Waals surface area contributed by atoms with Gasteiger partial charge >= 0.3 is 5.97 Å². The number of fused-ring (bicyclic) bond motifs is 1. The Hall–Kier alpha value is -2.61. The van der Waals surface area contributed by atoms with Gasteiger partial charge in [-0.3, -0.25) is 18.9 Å². The summed E-state index contributed by atoms with van der Waals surface area (Å²) in [5, 5.41) is 12.1. The minimum atomic E-state index is -0.869. The highest BCUT2D eigenvalue weighted by molar-refractivity contribution is 5.95. The molecule has 3 rings (SSSR count). The zero-order chi connectivity index (χ0) is 18.1. The van der Waals surface area contributed by atoms with Crippen LogP contribution in [-0.2, 0) is 4.79 Å². The van der Waals surface area contributed by atoms with Crippen molar-refractivity contribution >= 4 is 17.5 Å². The van der Waals surface area contributed by atoms with Gasteiger partial charge in [-0.2, -0.15) is 0 Å². The van der Waals surface area contributed by atoms with Crippen molar-refractivity contribution in [1.29, 1.82) is 0 Å². The molecule has 8 heteroatoms. The Balaban J connectivity index is 1.85. The molecule has 2 aromatic rings. The van der Waals surface area contributed by atoms with E-state index in [0.29, 0.717) is 42.4 Å². The molecular weight excluding hydrogens is 324 g/mol. The van der Waals surface area contributed by atoms with E-state index in [0.717, 1.165) is 0 Å². The molecule has 1 fully saturated rings. The van der Waals surface area contributed by atoms with Crippen LogP contribution in [0.4, 0.5) is 0 Å². The molecule has 1 aliphatic heterocycles. The topological polar surface area (TPSA) is 96.2 Å². The third-order valence-corrected chi connectivity index (χ3v) is 4.47. The summed E-state index contributed by atoms with van der Waals surface area (Å²) in [7, 11) is 1.75. The molecule has 8 nitrogen and oxygen atoms in total. The minimum Gasteiger partial charge on any atom is -0.490 e. The van der Waals surface area contributed by atoms with Gasteiger partial charge in [0.25, 0.3) is 5.91 Å². The molecule has 0 spiro atoms. The van der Waals surface area contributed by atoms with Crippen LogP contribution < -0.4 is 10.1 Å². The predicted molar refractivity (Wildman–Crippen MR) is 91.0 cm³/mol. The number of carboxylic acids is 1. The third-order valence-electron chi connectivity index (χ3n) is 4.47. The van der Waals surface area contributed by atoms with Crippen molar-refractivity contribution < 1.29 is 19.4 Å². The maximum atomic E-state index is 12.8. The van der Waals surface area contributed by atoms with Gasteiger partial charge in [0.2, 0.25) is 0 Å². The number of hydrogen-bond acceptors (Lipinski definition) is 5. The van der Waals surface area contributed by atoms with Crippen LogP contribution in [0, 0.1) is 6.92 Å². The number of likely N-dealkylation sites (N-methyl/N-ethyl adjacent to an activating group) is 1. The molecule has 2 atom stereocenters. The van der Waals surface area contributed by atoms with Crippen molar-refractivity contribution in [2.75, 3.05) is 20.2 Å². The summed E-state index contributed by atoms with van der Waals surface area (Å²) < 4.78 is 7.28. The first-order valence-corrected chi connectivity index (χ1v) is 8.26. The Morgan fingerprint density at radius 1 is 1.48 bits per heavy atom. The van der Waals surface area contributed by atoms with E-state index in [9.17, 15) is 14.7 Å². The first-order valence-electron chi connectivity index (χ1n) is 8.26. The molecule has 134 valence electrons. The summed E-state index contributed by atoms with van der Waals surface area (Å²) in [6.07, 6.45) is 2.16. The van der Waals surface area contributed by atoms with Crippen LogP contribution in [0.2, 0.25) is 0 Å². The Kier molecular flexibility index (Phi) is 4.63. The molecule has 2 aromatic heterocycles. The quantitative estimate of drug-likeness (QED) is 0.836. The van der Waals surface area contributed by atoms with Gasteiger partial charge in [-0.1, -0.05) is 0 Å². The van der Waals surface area contributed by atoms with E-state index < -0.39 is 12.0 Å². The van der Waals surface area contributed by atoms with Crippen molar-refractivity contribution in [3.05, 3.63) is 29.7 Å². The number of amides is 1. The Morgan fingerprint density at radius 2 is 2.24 bits per heavy atom. The number of carboxylic acid groups (broad SMARTS) is 1. The van der Waals surface area contributed by atoms with Gasteiger partial charge < -0.3 is 15.2 Å². The molecule has 1 saturated heterocycles. The number of imidazole rings is 1. The number of pyridine rings is 1. The molecule has 0 aromatic carbocycles. The number of carbonyl (C=O) groups excluding carboxylic acids is 1. The van der Waals surface area contributed by atoms with Crippen LogP contribution in [-0.4, -0.2) is 63.6 Å². The van der Waals surface area contributed by atoms with Crippen molar-refractivity contribution in [1.82, 2.24) is 19.6 Å². The zero-order valence-electron chi connectivity index (χ0n) is 14.5. The van der Waals surface area contributed by atoms with E-state index in [1.807, 2.05) is 13.0 Å². The molecule has 1 amide bonds. The molecule has 2 N–H and O–H groups in total. The lowest BCUT2D eigenvalue weighted by atomic mass is 10.1. The lowest BCUT2D eigenvalue weighted by Crippen LogP contribution is -2.37. The van der Waals surface area contributed by atoms with E-state index in [1.165, 1.54) is 0 Å². The SMILES string of the molecule is CCOc1cccn2c(C(=O)N[C@H]3C[C@@H](C(=O)O)N(C)C3)c(C)nc12. The van der Waals surface area contributed by atoms with Gasteiger partial charge in [-0.05, 0) is 39.4 Å². The van der Waals surface area contributed by atoms with Crippen LogP contribution in [0.5, 0.6) is 5.75 Å². The molecule has 1 aliphatic rings. The number of aliphatic carboxylic acids is 1. The summed E-state index contributed by atoms with van der Waals surface area (Å²) in [6, 6.07) is 2.84. The van der Waals surface area contributed by atoms with Crippen LogP contribution in [0.3, 0.4) is 0 Å². The Morgan fingerprint density at radius 3 is 2.88 bits per heavy atom. The maximum Gasteiger partial charge on any atom is 0.320 e. The van der Waals surface area contributed by atoms with E-state index in [2.05, 4.69) is 10.3 Å². The number of aryl methyl sites for hydroxylation is 1. The minimum absolute atomic E-state index is 0.210. The molecule has 3 heterocycles. The van der Waals surface area contributed by atoms with Gasteiger partial charge in [0.15, 0.2) is 11.4 Å². The second-order valence-electron chi connectivity index (χ2n) is 6.24. The van der Waals surface area contributed by atoms with Crippen molar-refractivity contribution in [3.8, 4) is 5.75 Å². The van der Waals surface area contributed by atoms with Gasteiger partial charge in [-0.25, -0.2) is 4.98 Å². The van der Waals surface area contributed by atoms with Crippen LogP contribution in [0.25, 0.3) is 5.65 Å². The molecule has 0 unspecified atom stereocenters. The predicted octanol–water partition coefficient (Wildman–Crippen LogP) is 0.929. The summed E-state index contributed by atoms with van der Waals surface area (Å²) in [5.41, 5.74) is 1.64. The third kappa shape index (κ3) is 3.17. The lowest BCUT2D eigenvalue weighted by Gasteiger charge is -2.13. The second kappa shape index (κ2) is 6.72. The number of aromatic nitrogens is 2. The van der Waals surface area contributed by atoms with Gasteiger partial charge in [-0.15, -0.1) is 0 Å². The van der Waals surface area contributed by atoms with E-state index >= 15 is 0 Å². The highest BCUT2D eigenvalue weighted by atomic mass is 16.5. The normalized spacial score (nSPS) is 20.8. The Labute approximate surface area is 145 Å². The molecule has 25 heavy (non-hydrogen) atoms. The molecule has 0 bridgehead atoms. The standard InChI is InChI=1S/C17H22N4O4/c1-4-25-13-6-5-7-21-14(10(2)18-15(13)21)16(22)19-11-8-12(17(23)24)20(3)9-11/h5-7,11-12H,4,8-9H2,1-3H3,(H,19,22)(H,23,24)/t11-,12-/m0/s1. The first kappa shape index (κ1) is 17.2. The van der Waals surface area contributed by atoms with Crippen molar-refractivity contribution in [2.45, 2.75) is 32.4 Å². The monoisotopic (exact) mass is 346 g/mol. The van der Waals surface area contributed by atoms with E-state index in [1.54, 1.807) is 35.5 Å². The van der Waals surface area contributed by atoms with Crippen LogP contribution in [0.15, 0.2) is 18.3 Å². The average Bonchev–Trinajstić information content (AvgIpc) is 3.07. The van der Waals surface area contributed by atoms with Crippen molar-refractivity contribution in [2.24, 2.45) is 0 Å². The number of ether oxygens (including phenoxy) is 1. The fraction of sp³-hybridized carbons (Fsp3) is 0.471. The van der Waals surface area contributed by atoms with Crippen LogP contribution in [0.1, 0.15) is 29.5 Å². The smallest absolute Gasteiger partial charge is 0.320 e. The fourth-order valence-corrected chi connectivity index (χ4v) is 3.34. The number of rotatable bonds is 5. The number of carbonyl (C=O) groups is 2. The van der Waals surface area contributed by atoms with Crippen LogP contribution >= 0.6 is 0 Å². The summed E-state index contributed by atoms with van der Waals surface area (Å²) in [4.78, 5) is 30.2. The van der Waals surface area contributed by atoms with Gasteiger partial charge in [0, 0.05) is 18.8 Å². The summed E-state index contributed by atoms with van der Waals surface area (Å²) >= 11 is 0. The molecule has 0 aliphatic carbocycles.